The van der Waals surface area contributed by atoms with Gasteiger partial charge in [0.05, 0.1) is 0 Å². The number of hydrogen-bond acceptors (Lipinski definition) is 2. The first kappa shape index (κ1) is 10.7. The van der Waals surface area contributed by atoms with E-state index in [1.807, 2.05) is 12.4 Å². The van der Waals surface area contributed by atoms with E-state index in [0.717, 1.165) is 12.4 Å². The summed E-state index contributed by atoms with van der Waals surface area (Å²) in [5, 5.41) is 3.48. The summed E-state index contributed by atoms with van der Waals surface area (Å²) < 4.78 is 0. The first-order chi connectivity index (χ1) is 7.27. The van der Waals surface area contributed by atoms with E-state index in [9.17, 15) is 0 Å². The topological polar surface area (TPSA) is 24.9 Å². The predicted molar refractivity (Wildman–Crippen MR) is 66.1 cm³/mol. The number of aryl methyl sites for hydroxylation is 1. The van der Waals surface area contributed by atoms with E-state index in [-0.39, 0.29) is 0 Å². The monoisotopic (exact) mass is 202 g/mol. The van der Waals surface area contributed by atoms with E-state index in [0.29, 0.717) is 6.71 Å². The Labute approximate surface area is 92.6 Å². The minimum atomic E-state index is 0.630. The Kier molecular flexibility index (Phi) is 3.42. The van der Waals surface area contributed by atoms with Crippen LogP contribution in [0.15, 0.2) is 18.5 Å². The molecule has 1 aliphatic rings. The molecule has 0 spiro atoms. The van der Waals surface area contributed by atoms with E-state index in [4.69, 9.17) is 0 Å². The van der Waals surface area contributed by atoms with Crippen molar-refractivity contribution in [1.82, 2.24) is 10.3 Å². The van der Waals surface area contributed by atoms with Crippen molar-refractivity contribution in [3.63, 3.8) is 0 Å². The molecular weight excluding hydrogens is 183 g/mol. The molecule has 2 heterocycles. The molecule has 0 aliphatic carbocycles. The molecule has 1 fully saturated rings. The molecule has 1 aromatic heterocycles. The maximum atomic E-state index is 4.28. The molecule has 15 heavy (non-hydrogen) atoms. The number of aromatic nitrogens is 1. The fraction of sp³-hybridized carbons (Fsp3) is 0.583. The summed E-state index contributed by atoms with van der Waals surface area (Å²) in [4.78, 5) is 4.28. The summed E-state index contributed by atoms with van der Waals surface area (Å²) >= 11 is 0. The van der Waals surface area contributed by atoms with Gasteiger partial charge in [-0.2, -0.15) is 0 Å². The van der Waals surface area contributed by atoms with Gasteiger partial charge in [-0.05, 0) is 37.8 Å². The van der Waals surface area contributed by atoms with Crippen LogP contribution in [0.3, 0.4) is 0 Å². The van der Waals surface area contributed by atoms with Gasteiger partial charge in [-0.1, -0.05) is 24.8 Å². The van der Waals surface area contributed by atoms with E-state index >= 15 is 0 Å². The van der Waals surface area contributed by atoms with Gasteiger partial charge in [0.1, 0.15) is 0 Å². The normalized spacial score (nSPS) is 21.3. The lowest BCUT2D eigenvalue weighted by Gasteiger charge is -2.26. The fourth-order valence-electron chi connectivity index (χ4n) is 2.41. The van der Waals surface area contributed by atoms with Gasteiger partial charge in [-0.25, -0.2) is 0 Å². The Morgan fingerprint density at radius 2 is 2.33 bits per heavy atom. The van der Waals surface area contributed by atoms with Crippen LogP contribution in [0.2, 0.25) is 12.6 Å². The van der Waals surface area contributed by atoms with Crippen LogP contribution in [0.4, 0.5) is 0 Å². The minimum Gasteiger partial charge on any atom is -0.317 e. The molecule has 2 rings (SSSR count). The average molecular weight is 202 g/mol. The third-order valence-electron chi connectivity index (χ3n) is 3.46. The zero-order valence-corrected chi connectivity index (χ0v) is 9.66. The van der Waals surface area contributed by atoms with Crippen LogP contribution in [0.1, 0.15) is 18.4 Å². The summed E-state index contributed by atoms with van der Waals surface area (Å²) in [7, 11) is 0. The van der Waals surface area contributed by atoms with Gasteiger partial charge < -0.3 is 5.32 Å². The number of hydrogen-bond donors (Lipinski definition) is 1. The van der Waals surface area contributed by atoms with Gasteiger partial charge in [-0.3, -0.25) is 4.98 Å². The third kappa shape index (κ3) is 2.60. The van der Waals surface area contributed by atoms with E-state index in [2.05, 4.69) is 30.1 Å². The summed E-state index contributed by atoms with van der Waals surface area (Å²) in [6.45, 7) is 7.42. The largest absolute Gasteiger partial charge is 0.317 e. The SMILES string of the molecule is CB(c1cncc(C)c1)C1CCCNC1. The molecule has 2 nitrogen and oxygen atoms in total. The molecule has 1 unspecified atom stereocenters. The third-order valence-corrected chi connectivity index (χ3v) is 3.46. The number of nitrogens with zero attached hydrogens (tertiary/aromatic N) is 1. The molecule has 0 aromatic carbocycles. The smallest absolute Gasteiger partial charge is 0.179 e. The molecule has 1 atom stereocenters. The minimum absolute atomic E-state index is 0.630. The van der Waals surface area contributed by atoms with Gasteiger partial charge in [0, 0.05) is 12.4 Å². The highest BCUT2D eigenvalue weighted by Crippen LogP contribution is 2.19. The molecule has 0 bridgehead atoms. The van der Waals surface area contributed by atoms with Crippen LogP contribution >= 0.6 is 0 Å². The lowest BCUT2D eigenvalue weighted by atomic mass is 9.38. The summed E-state index contributed by atoms with van der Waals surface area (Å²) in [6.07, 6.45) is 6.61. The quantitative estimate of drug-likeness (QED) is 0.734. The van der Waals surface area contributed by atoms with Crippen LogP contribution < -0.4 is 10.8 Å². The molecule has 80 valence electrons. The van der Waals surface area contributed by atoms with Gasteiger partial charge >= 0.3 is 0 Å². The molecule has 1 aromatic rings. The van der Waals surface area contributed by atoms with Gasteiger partial charge in [-0.15, -0.1) is 0 Å². The summed E-state index contributed by atoms with van der Waals surface area (Å²) in [6, 6.07) is 2.27. The van der Waals surface area contributed by atoms with Crippen LogP contribution in [0.25, 0.3) is 0 Å². The van der Waals surface area contributed by atoms with Gasteiger partial charge in [0.2, 0.25) is 0 Å². The number of rotatable bonds is 2. The molecule has 0 saturated carbocycles. The van der Waals surface area contributed by atoms with Crippen molar-refractivity contribution in [2.45, 2.75) is 32.4 Å². The van der Waals surface area contributed by atoms with Gasteiger partial charge in [0.25, 0.3) is 0 Å². The van der Waals surface area contributed by atoms with Crippen LogP contribution in [-0.2, 0) is 0 Å². The molecule has 3 heteroatoms. The highest BCUT2D eigenvalue weighted by atomic mass is 14.9. The Morgan fingerprint density at radius 1 is 1.47 bits per heavy atom. The van der Waals surface area contributed by atoms with Crippen molar-refractivity contribution in [3.05, 3.63) is 24.0 Å². The van der Waals surface area contributed by atoms with Crippen LogP contribution in [0.5, 0.6) is 0 Å². The Bertz CT molecular complexity index is 321. The van der Waals surface area contributed by atoms with Gasteiger partial charge in [0.15, 0.2) is 6.71 Å². The maximum Gasteiger partial charge on any atom is 0.179 e. The zero-order chi connectivity index (χ0) is 10.7. The van der Waals surface area contributed by atoms with Crippen molar-refractivity contribution >= 4 is 12.2 Å². The first-order valence-electron chi connectivity index (χ1n) is 5.89. The Hall–Kier alpha value is -0.825. The second-order valence-corrected chi connectivity index (χ2v) is 4.69. The van der Waals surface area contributed by atoms with Crippen molar-refractivity contribution in [2.75, 3.05) is 13.1 Å². The number of nitrogens with one attached hydrogen (secondary N) is 1. The Balaban J connectivity index is 2.08. The van der Waals surface area contributed by atoms with Crippen molar-refractivity contribution in [3.8, 4) is 0 Å². The maximum absolute atomic E-state index is 4.28. The molecule has 0 radical (unpaired) electrons. The first-order valence-corrected chi connectivity index (χ1v) is 5.89. The second kappa shape index (κ2) is 4.80. The zero-order valence-electron chi connectivity index (χ0n) is 9.66. The van der Waals surface area contributed by atoms with E-state index in [1.165, 1.54) is 30.4 Å². The average Bonchev–Trinajstić information content (AvgIpc) is 2.29. The van der Waals surface area contributed by atoms with Crippen molar-refractivity contribution in [1.29, 1.82) is 0 Å². The number of piperidine rings is 1. The highest BCUT2D eigenvalue weighted by Gasteiger charge is 2.24. The molecular formula is C12H19BN2. The van der Waals surface area contributed by atoms with E-state index < -0.39 is 0 Å². The standard InChI is InChI=1S/C12H19BN2/c1-10-6-12(9-15-7-10)13(2)11-4-3-5-14-8-11/h6-7,9,11,14H,3-5,8H2,1-2H3. The molecule has 1 N–H and O–H groups in total. The lowest BCUT2D eigenvalue weighted by Crippen LogP contribution is -2.40. The van der Waals surface area contributed by atoms with Crippen LogP contribution in [-0.4, -0.2) is 24.8 Å². The fourth-order valence-corrected chi connectivity index (χ4v) is 2.41. The predicted octanol–water partition coefficient (Wildman–Crippen LogP) is 1.48. The molecule has 0 amide bonds. The van der Waals surface area contributed by atoms with E-state index in [1.54, 1.807) is 0 Å². The van der Waals surface area contributed by atoms with Crippen LogP contribution in [0, 0.1) is 6.92 Å². The molecule has 1 saturated heterocycles. The Morgan fingerprint density at radius 3 is 3.00 bits per heavy atom. The summed E-state index contributed by atoms with van der Waals surface area (Å²) in [5.74, 6) is 0.780. The highest BCUT2D eigenvalue weighted by molar-refractivity contribution is 6.73. The number of pyridine rings is 1. The van der Waals surface area contributed by atoms with Crippen molar-refractivity contribution in [2.24, 2.45) is 0 Å². The lowest BCUT2D eigenvalue weighted by molar-refractivity contribution is 0.514. The summed E-state index contributed by atoms with van der Waals surface area (Å²) in [5.41, 5.74) is 2.66. The van der Waals surface area contributed by atoms with Crippen molar-refractivity contribution < 1.29 is 0 Å². The molecule has 1 aliphatic heterocycles. The second-order valence-electron chi connectivity index (χ2n) is 4.69.